The summed E-state index contributed by atoms with van der Waals surface area (Å²) in [5, 5.41) is 8.15. The van der Waals surface area contributed by atoms with E-state index in [9.17, 15) is 0 Å². The van der Waals surface area contributed by atoms with Gasteiger partial charge in [-0.2, -0.15) is 5.10 Å². The summed E-state index contributed by atoms with van der Waals surface area (Å²) in [6.45, 7) is 7.29. The van der Waals surface area contributed by atoms with E-state index >= 15 is 0 Å². The SMILES string of the molecule is CCc1cc(CC2(CNC)CCOC2C2CC2)n(CC)n1. The minimum absolute atomic E-state index is 0.258. The molecule has 1 aromatic rings. The van der Waals surface area contributed by atoms with E-state index in [2.05, 4.69) is 37.0 Å². The van der Waals surface area contributed by atoms with E-state index in [1.165, 1.54) is 30.7 Å². The van der Waals surface area contributed by atoms with Crippen LogP contribution in [0.2, 0.25) is 0 Å². The fourth-order valence-corrected chi connectivity index (χ4v) is 4.00. The van der Waals surface area contributed by atoms with Crippen LogP contribution in [0.25, 0.3) is 0 Å². The molecule has 21 heavy (non-hydrogen) atoms. The average molecular weight is 291 g/mol. The largest absolute Gasteiger partial charge is 0.377 e. The highest BCUT2D eigenvalue weighted by molar-refractivity contribution is 5.15. The summed E-state index contributed by atoms with van der Waals surface area (Å²) in [4.78, 5) is 0. The lowest BCUT2D eigenvalue weighted by Crippen LogP contribution is -2.43. The molecule has 1 N–H and O–H groups in total. The van der Waals surface area contributed by atoms with Gasteiger partial charge in [0.15, 0.2) is 0 Å². The Bertz CT molecular complexity index is 480. The van der Waals surface area contributed by atoms with Crippen molar-refractivity contribution in [2.75, 3.05) is 20.2 Å². The molecule has 3 rings (SSSR count). The highest BCUT2D eigenvalue weighted by Crippen LogP contribution is 2.49. The first kappa shape index (κ1) is 15.0. The number of hydrogen-bond acceptors (Lipinski definition) is 3. The van der Waals surface area contributed by atoms with Crippen LogP contribution in [0.5, 0.6) is 0 Å². The molecule has 0 bridgehead atoms. The van der Waals surface area contributed by atoms with E-state index < -0.39 is 0 Å². The third kappa shape index (κ3) is 2.88. The van der Waals surface area contributed by atoms with Gasteiger partial charge in [-0.3, -0.25) is 4.68 Å². The molecular weight excluding hydrogens is 262 g/mol. The molecule has 1 saturated carbocycles. The highest BCUT2D eigenvalue weighted by atomic mass is 16.5. The van der Waals surface area contributed by atoms with Gasteiger partial charge in [-0.1, -0.05) is 6.92 Å². The molecule has 0 amide bonds. The molecule has 118 valence electrons. The number of ether oxygens (including phenoxy) is 1. The predicted molar refractivity (Wildman–Crippen MR) is 84.4 cm³/mol. The molecule has 1 aliphatic heterocycles. The Hall–Kier alpha value is -0.870. The van der Waals surface area contributed by atoms with Crippen molar-refractivity contribution in [2.45, 2.75) is 58.6 Å². The second kappa shape index (κ2) is 6.09. The summed E-state index contributed by atoms with van der Waals surface area (Å²) < 4.78 is 8.35. The lowest BCUT2D eigenvalue weighted by molar-refractivity contribution is 0.0306. The van der Waals surface area contributed by atoms with E-state index in [4.69, 9.17) is 9.84 Å². The summed E-state index contributed by atoms with van der Waals surface area (Å²) in [5.74, 6) is 0.796. The van der Waals surface area contributed by atoms with Crippen molar-refractivity contribution in [3.8, 4) is 0 Å². The van der Waals surface area contributed by atoms with Crippen LogP contribution >= 0.6 is 0 Å². The maximum Gasteiger partial charge on any atom is 0.0676 e. The van der Waals surface area contributed by atoms with Crippen LogP contribution in [0.15, 0.2) is 6.07 Å². The van der Waals surface area contributed by atoms with E-state index in [0.717, 1.165) is 38.5 Å². The first-order valence-corrected chi connectivity index (χ1v) is 8.54. The van der Waals surface area contributed by atoms with Gasteiger partial charge in [-0.25, -0.2) is 0 Å². The molecule has 1 saturated heterocycles. The van der Waals surface area contributed by atoms with Crippen molar-refractivity contribution in [3.63, 3.8) is 0 Å². The lowest BCUT2D eigenvalue weighted by atomic mass is 9.75. The Morgan fingerprint density at radius 2 is 2.24 bits per heavy atom. The van der Waals surface area contributed by atoms with Crippen LogP contribution in [0.4, 0.5) is 0 Å². The number of nitrogens with one attached hydrogen (secondary N) is 1. The van der Waals surface area contributed by atoms with Crippen molar-refractivity contribution in [1.82, 2.24) is 15.1 Å². The Morgan fingerprint density at radius 1 is 1.43 bits per heavy atom. The van der Waals surface area contributed by atoms with Gasteiger partial charge in [-0.05, 0) is 58.1 Å². The second-order valence-corrected chi connectivity index (χ2v) is 6.74. The normalized spacial score (nSPS) is 29.2. The van der Waals surface area contributed by atoms with Crippen LogP contribution in [0.1, 0.15) is 44.5 Å². The fourth-order valence-electron chi connectivity index (χ4n) is 4.00. The maximum absolute atomic E-state index is 6.15. The summed E-state index contributed by atoms with van der Waals surface area (Å²) in [7, 11) is 2.07. The Morgan fingerprint density at radius 3 is 2.86 bits per heavy atom. The van der Waals surface area contributed by atoms with E-state index in [0.29, 0.717) is 6.10 Å². The second-order valence-electron chi connectivity index (χ2n) is 6.74. The fraction of sp³-hybridized carbons (Fsp3) is 0.824. The van der Waals surface area contributed by atoms with Gasteiger partial charge < -0.3 is 10.1 Å². The Balaban J connectivity index is 1.86. The first-order valence-electron chi connectivity index (χ1n) is 8.54. The number of aromatic nitrogens is 2. The van der Waals surface area contributed by atoms with E-state index in [1.54, 1.807) is 0 Å². The molecule has 0 radical (unpaired) electrons. The molecule has 2 unspecified atom stereocenters. The molecule has 0 spiro atoms. The summed E-state index contributed by atoms with van der Waals surface area (Å²) in [5.41, 5.74) is 2.86. The van der Waals surface area contributed by atoms with Crippen molar-refractivity contribution in [1.29, 1.82) is 0 Å². The molecule has 1 aromatic heterocycles. The van der Waals surface area contributed by atoms with Crippen molar-refractivity contribution in [3.05, 3.63) is 17.5 Å². The predicted octanol–water partition coefficient (Wildman–Crippen LogP) is 2.41. The van der Waals surface area contributed by atoms with Crippen molar-refractivity contribution >= 4 is 0 Å². The Kier molecular flexibility index (Phi) is 4.36. The zero-order chi connectivity index (χ0) is 14.9. The molecule has 2 heterocycles. The highest BCUT2D eigenvalue weighted by Gasteiger charge is 2.50. The molecule has 2 atom stereocenters. The molecule has 0 aromatic carbocycles. The van der Waals surface area contributed by atoms with Crippen LogP contribution in [-0.2, 0) is 24.1 Å². The van der Waals surface area contributed by atoms with Crippen LogP contribution < -0.4 is 5.32 Å². The Labute approximate surface area is 128 Å². The van der Waals surface area contributed by atoms with Gasteiger partial charge in [0.05, 0.1) is 11.8 Å². The van der Waals surface area contributed by atoms with Crippen LogP contribution in [-0.4, -0.2) is 36.1 Å². The summed E-state index contributed by atoms with van der Waals surface area (Å²) in [6.07, 6.45) is 6.42. The minimum atomic E-state index is 0.258. The minimum Gasteiger partial charge on any atom is -0.377 e. The maximum atomic E-state index is 6.15. The van der Waals surface area contributed by atoms with Gasteiger partial charge in [0.1, 0.15) is 0 Å². The molecule has 2 aliphatic rings. The molecular formula is C17H29N3O. The smallest absolute Gasteiger partial charge is 0.0676 e. The monoisotopic (exact) mass is 291 g/mol. The van der Waals surface area contributed by atoms with Crippen LogP contribution in [0.3, 0.4) is 0 Å². The van der Waals surface area contributed by atoms with Crippen molar-refractivity contribution in [2.24, 2.45) is 11.3 Å². The van der Waals surface area contributed by atoms with Gasteiger partial charge in [0.25, 0.3) is 0 Å². The topological polar surface area (TPSA) is 39.1 Å². The third-order valence-corrected chi connectivity index (χ3v) is 5.19. The van der Waals surface area contributed by atoms with Gasteiger partial charge in [0, 0.05) is 30.8 Å². The molecule has 2 fully saturated rings. The lowest BCUT2D eigenvalue weighted by Gasteiger charge is -2.34. The number of rotatable bonds is 7. The van der Waals surface area contributed by atoms with E-state index in [1.807, 2.05) is 0 Å². The third-order valence-electron chi connectivity index (χ3n) is 5.19. The summed E-state index contributed by atoms with van der Waals surface area (Å²) >= 11 is 0. The average Bonchev–Trinajstić information content (AvgIpc) is 3.13. The number of hydrogen-bond donors (Lipinski definition) is 1. The number of nitrogens with zero attached hydrogens (tertiary/aromatic N) is 2. The summed E-state index contributed by atoms with van der Waals surface area (Å²) in [6, 6.07) is 2.31. The first-order chi connectivity index (χ1) is 10.2. The number of aryl methyl sites for hydroxylation is 2. The quantitative estimate of drug-likeness (QED) is 0.838. The van der Waals surface area contributed by atoms with E-state index in [-0.39, 0.29) is 5.41 Å². The molecule has 4 heteroatoms. The zero-order valence-electron chi connectivity index (χ0n) is 13.7. The molecule has 1 aliphatic carbocycles. The van der Waals surface area contributed by atoms with Crippen molar-refractivity contribution < 1.29 is 4.74 Å². The van der Waals surface area contributed by atoms with Crippen LogP contribution in [0, 0.1) is 11.3 Å². The van der Waals surface area contributed by atoms with Gasteiger partial charge >= 0.3 is 0 Å². The standard InChI is InChI=1S/C17H29N3O/c1-4-14-10-15(20(5-2)19-14)11-17(12-18-3)8-9-21-16(17)13-6-7-13/h10,13,16,18H,4-9,11-12H2,1-3H3. The molecule has 4 nitrogen and oxygen atoms in total. The zero-order valence-corrected chi connectivity index (χ0v) is 13.7. The van der Waals surface area contributed by atoms with Gasteiger partial charge in [0.2, 0.25) is 0 Å². The van der Waals surface area contributed by atoms with Gasteiger partial charge in [-0.15, -0.1) is 0 Å².